The van der Waals surface area contributed by atoms with Gasteiger partial charge in [0.1, 0.15) is 17.8 Å². The van der Waals surface area contributed by atoms with Crippen molar-refractivity contribution in [2.45, 2.75) is 18.1 Å². The normalized spacial score (nSPS) is 10.7. The Kier molecular flexibility index (Phi) is 7.18. The van der Waals surface area contributed by atoms with E-state index in [2.05, 4.69) is 27.0 Å². The standard InChI is InChI=1S/C18H19ClN4O3S2/c1-25-15-9-14(16(26-2)8-13(15)19)21-17(24)10-28-18-22-20-11-23(18)6-5-12-4-3-7-27-12/h3-4,7-9,11H,5-6,10H2,1-2H3,(H,21,24). The minimum atomic E-state index is -0.194. The molecule has 148 valence electrons. The number of hydrogen-bond acceptors (Lipinski definition) is 7. The van der Waals surface area contributed by atoms with E-state index in [1.807, 2.05) is 10.6 Å². The molecular formula is C18H19ClN4O3S2. The number of aromatic nitrogens is 3. The molecule has 1 N–H and O–H groups in total. The van der Waals surface area contributed by atoms with Gasteiger partial charge in [-0.25, -0.2) is 0 Å². The molecule has 0 aliphatic rings. The van der Waals surface area contributed by atoms with Gasteiger partial charge in [-0.05, 0) is 17.9 Å². The van der Waals surface area contributed by atoms with Crippen LogP contribution in [0.15, 0.2) is 41.1 Å². The number of carbonyl (C=O) groups is 1. The van der Waals surface area contributed by atoms with Crippen LogP contribution in [-0.2, 0) is 17.8 Å². The fraction of sp³-hybridized carbons (Fsp3) is 0.278. The Balaban J connectivity index is 1.59. The van der Waals surface area contributed by atoms with Gasteiger partial charge in [0, 0.05) is 23.6 Å². The summed E-state index contributed by atoms with van der Waals surface area (Å²) >= 11 is 9.14. The van der Waals surface area contributed by atoms with Crippen molar-refractivity contribution in [2.24, 2.45) is 0 Å². The van der Waals surface area contributed by atoms with Gasteiger partial charge in [-0.2, -0.15) is 0 Å². The molecule has 3 aromatic rings. The number of amides is 1. The lowest BCUT2D eigenvalue weighted by molar-refractivity contribution is -0.113. The van der Waals surface area contributed by atoms with Crippen molar-refractivity contribution in [2.75, 3.05) is 25.3 Å². The molecule has 1 aromatic carbocycles. The van der Waals surface area contributed by atoms with Crippen molar-refractivity contribution in [3.63, 3.8) is 0 Å². The lowest BCUT2D eigenvalue weighted by Gasteiger charge is -2.13. The van der Waals surface area contributed by atoms with Crippen molar-refractivity contribution in [3.8, 4) is 11.5 Å². The summed E-state index contributed by atoms with van der Waals surface area (Å²) in [5.41, 5.74) is 0.494. The molecule has 0 saturated carbocycles. The van der Waals surface area contributed by atoms with Gasteiger partial charge in [-0.15, -0.1) is 21.5 Å². The van der Waals surface area contributed by atoms with Gasteiger partial charge in [0.15, 0.2) is 5.16 Å². The van der Waals surface area contributed by atoms with E-state index in [1.165, 1.54) is 30.9 Å². The van der Waals surface area contributed by atoms with E-state index in [0.29, 0.717) is 27.4 Å². The van der Waals surface area contributed by atoms with Gasteiger partial charge < -0.3 is 19.4 Å². The number of aryl methyl sites for hydroxylation is 2. The zero-order valence-corrected chi connectivity index (χ0v) is 17.7. The van der Waals surface area contributed by atoms with E-state index in [1.54, 1.807) is 29.8 Å². The van der Waals surface area contributed by atoms with E-state index < -0.39 is 0 Å². The topological polar surface area (TPSA) is 78.3 Å². The molecule has 3 rings (SSSR count). The predicted molar refractivity (Wildman–Crippen MR) is 112 cm³/mol. The van der Waals surface area contributed by atoms with Crippen molar-refractivity contribution in [3.05, 3.63) is 45.9 Å². The average Bonchev–Trinajstić information content (AvgIpc) is 3.37. The molecule has 0 fully saturated rings. The summed E-state index contributed by atoms with van der Waals surface area (Å²) in [6.45, 7) is 0.764. The number of methoxy groups -OCH3 is 2. The van der Waals surface area contributed by atoms with Crippen LogP contribution in [0.25, 0.3) is 0 Å². The second kappa shape index (κ2) is 9.81. The number of nitrogens with zero attached hydrogens (tertiary/aromatic N) is 3. The summed E-state index contributed by atoms with van der Waals surface area (Å²) in [4.78, 5) is 13.7. The number of carbonyl (C=O) groups excluding carboxylic acids is 1. The van der Waals surface area contributed by atoms with Crippen LogP contribution in [0.1, 0.15) is 4.88 Å². The first-order chi connectivity index (χ1) is 13.6. The summed E-state index contributed by atoms with van der Waals surface area (Å²) in [6.07, 6.45) is 2.58. The highest BCUT2D eigenvalue weighted by Gasteiger charge is 2.14. The van der Waals surface area contributed by atoms with Gasteiger partial charge in [-0.3, -0.25) is 4.79 Å². The molecule has 0 unspecified atom stereocenters. The third-order valence-corrected chi connectivity index (χ3v) is 6.05. The smallest absolute Gasteiger partial charge is 0.234 e. The molecule has 2 aromatic heterocycles. The zero-order valence-electron chi connectivity index (χ0n) is 15.3. The number of nitrogens with one attached hydrogen (secondary N) is 1. The molecule has 0 radical (unpaired) electrons. The average molecular weight is 439 g/mol. The van der Waals surface area contributed by atoms with Crippen LogP contribution in [0.2, 0.25) is 5.02 Å². The van der Waals surface area contributed by atoms with Crippen LogP contribution in [0, 0.1) is 0 Å². The summed E-state index contributed by atoms with van der Waals surface area (Å²) in [7, 11) is 3.02. The molecule has 0 spiro atoms. The molecule has 0 bridgehead atoms. The van der Waals surface area contributed by atoms with Crippen LogP contribution >= 0.6 is 34.7 Å². The molecule has 2 heterocycles. The molecular weight excluding hydrogens is 420 g/mol. The number of anilines is 1. The quantitative estimate of drug-likeness (QED) is 0.509. The lowest BCUT2D eigenvalue weighted by Crippen LogP contribution is -2.15. The van der Waals surface area contributed by atoms with Gasteiger partial charge in [0.25, 0.3) is 0 Å². The van der Waals surface area contributed by atoms with Crippen LogP contribution in [0.5, 0.6) is 11.5 Å². The van der Waals surface area contributed by atoms with Gasteiger partial charge >= 0.3 is 0 Å². The Morgan fingerprint density at radius 3 is 2.86 bits per heavy atom. The Bertz CT molecular complexity index is 931. The fourth-order valence-corrected chi connectivity index (χ4v) is 4.14. The molecule has 7 nitrogen and oxygen atoms in total. The van der Waals surface area contributed by atoms with E-state index in [0.717, 1.165) is 13.0 Å². The fourth-order valence-electron chi connectivity index (χ4n) is 2.47. The SMILES string of the molecule is COc1cc(NC(=O)CSc2nncn2CCc2cccs2)c(OC)cc1Cl. The van der Waals surface area contributed by atoms with E-state index in [9.17, 15) is 4.79 Å². The monoisotopic (exact) mass is 438 g/mol. The third-order valence-electron chi connectivity index (χ3n) is 3.84. The summed E-state index contributed by atoms with van der Waals surface area (Å²) in [5.74, 6) is 0.911. The second-order valence-electron chi connectivity index (χ2n) is 5.66. The van der Waals surface area contributed by atoms with Crippen LogP contribution in [0.3, 0.4) is 0 Å². The summed E-state index contributed by atoms with van der Waals surface area (Å²) in [6, 6.07) is 7.37. The highest BCUT2D eigenvalue weighted by Crippen LogP contribution is 2.36. The second-order valence-corrected chi connectivity index (χ2v) is 8.04. The number of thioether (sulfide) groups is 1. The van der Waals surface area contributed by atoms with Gasteiger partial charge in [-0.1, -0.05) is 29.4 Å². The Labute approximate surface area is 176 Å². The summed E-state index contributed by atoms with van der Waals surface area (Å²) < 4.78 is 12.4. The Morgan fingerprint density at radius 1 is 1.32 bits per heavy atom. The maximum Gasteiger partial charge on any atom is 0.234 e. The predicted octanol–water partition coefficient (Wildman–Crippen LogP) is 3.98. The number of thiophene rings is 1. The number of rotatable bonds is 9. The van der Waals surface area contributed by atoms with E-state index >= 15 is 0 Å². The first-order valence-electron chi connectivity index (χ1n) is 8.35. The molecule has 0 atom stereocenters. The third kappa shape index (κ3) is 5.18. The van der Waals surface area contributed by atoms with Crippen LogP contribution in [-0.4, -0.2) is 40.6 Å². The minimum Gasteiger partial charge on any atom is -0.495 e. The van der Waals surface area contributed by atoms with Crippen molar-refractivity contribution in [1.82, 2.24) is 14.8 Å². The molecule has 0 aliphatic heterocycles. The van der Waals surface area contributed by atoms with Gasteiger partial charge in [0.05, 0.1) is 30.7 Å². The lowest BCUT2D eigenvalue weighted by atomic mass is 10.2. The van der Waals surface area contributed by atoms with Crippen molar-refractivity contribution < 1.29 is 14.3 Å². The van der Waals surface area contributed by atoms with Crippen molar-refractivity contribution in [1.29, 1.82) is 0 Å². The molecule has 0 aliphatic carbocycles. The van der Waals surface area contributed by atoms with Crippen LogP contribution in [0.4, 0.5) is 5.69 Å². The van der Waals surface area contributed by atoms with Crippen molar-refractivity contribution >= 4 is 46.3 Å². The Morgan fingerprint density at radius 2 is 2.14 bits per heavy atom. The number of hydrogen-bond donors (Lipinski definition) is 1. The largest absolute Gasteiger partial charge is 0.495 e. The minimum absolute atomic E-state index is 0.186. The molecule has 10 heteroatoms. The maximum absolute atomic E-state index is 12.4. The number of halogens is 1. The zero-order chi connectivity index (χ0) is 19.9. The molecule has 28 heavy (non-hydrogen) atoms. The number of ether oxygens (including phenoxy) is 2. The first-order valence-corrected chi connectivity index (χ1v) is 10.6. The number of benzene rings is 1. The van der Waals surface area contributed by atoms with Crippen LogP contribution < -0.4 is 14.8 Å². The Hall–Kier alpha value is -2.23. The van der Waals surface area contributed by atoms with E-state index in [4.69, 9.17) is 21.1 Å². The molecule has 0 saturated heterocycles. The van der Waals surface area contributed by atoms with E-state index in [-0.39, 0.29) is 11.7 Å². The molecule has 1 amide bonds. The van der Waals surface area contributed by atoms with Gasteiger partial charge in [0.2, 0.25) is 5.91 Å². The highest BCUT2D eigenvalue weighted by molar-refractivity contribution is 7.99. The first kappa shape index (κ1) is 20.5. The summed E-state index contributed by atoms with van der Waals surface area (Å²) in [5, 5.41) is 14.0. The maximum atomic E-state index is 12.4. The highest BCUT2D eigenvalue weighted by atomic mass is 35.5.